The Labute approximate surface area is 762 Å². The zero-order valence-electron chi connectivity index (χ0n) is 72.7. The molecular formula is C121H89N5O6. The quantitative estimate of drug-likeness (QED) is 0.0896. The number of rotatable bonds is 9. The second kappa shape index (κ2) is 29.9. The van der Waals surface area contributed by atoms with Gasteiger partial charge in [-0.15, -0.1) is 0 Å². The third-order valence-electron chi connectivity index (χ3n) is 30.1. The lowest BCUT2D eigenvalue weighted by molar-refractivity contribution is -0.152. The lowest BCUT2D eigenvalue weighted by Crippen LogP contribution is -2.74. The number of hydrogen-bond acceptors (Lipinski definition) is 7. The molecule has 0 saturated carbocycles. The van der Waals surface area contributed by atoms with E-state index < -0.39 is 57.3 Å². The highest BCUT2D eigenvalue weighted by Crippen LogP contribution is 2.53. The van der Waals surface area contributed by atoms with Gasteiger partial charge >= 0.3 is 5.97 Å². The summed E-state index contributed by atoms with van der Waals surface area (Å²) in [7, 11) is 1.38. The first kappa shape index (κ1) is 78.6. The van der Waals surface area contributed by atoms with Crippen LogP contribution in [-0.2, 0) is 92.9 Å². The van der Waals surface area contributed by atoms with Gasteiger partial charge in [0.15, 0.2) is 0 Å². The minimum atomic E-state index is -2.10. The van der Waals surface area contributed by atoms with E-state index in [1.54, 1.807) is 0 Å². The molecule has 0 radical (unpaired) electrons. The van der Waals surface area contributed by atoms with Crippen LogP contribution in [0.3, 0.4) is 0 Å². The van der Waals surface area contributed by atoms with E-state index >= 15 is 24.0 Å². The summed E-state index contributed by atoms with van der Waals surface area (Å²) in [6.07, 6.45) is -0.415. The summed E-state index contributed by atoms with van der Waals surface area (Å²) >= 11 is 0. The number of amides is 4. The fraction of sp³-hybridized carbons (Fsp3) is 0.132. The average Bonchev–Trinajstić information content (AvgIpc) is 1.57. The number of ether oxygens (including phenoxy) is 1. The minimum Gasteiger partial charge on any atom is -0.467 e. The molecule has 0 aromatic heterocycles. The van der Waals surface area contributed by atoms with E-state index in [2.05, 4.69) is 288 Å². The summed E-state index contributed by atoms with van der Waals surface area (Å²) in [5.74, 6) is -3.15. The fourth-order valence-electron chi connectivity index (χ4n) is 24.1. The molecule has 634 valence electrons. The summed E-state index contributed by atoms with van der Waals surface area (Å²) in [5, 5.41) is 34.9. The number of benzene rings is 20. The number of fused-ring (bicyclic) bond motifs is 35. The molecule has 0 bridgehead atoms. The van der Waals surface area contributed by atoms with E-state index in [1.807, 2.05) is 97.1 Å². The first-order chi connectivity index (χ1) is 64.6. The maximum Gasteiger partial charge on any atom is 0.332 e. The van der Waals surface area contributed by atoms with Gasteiger partial charge < -0.3 is 31.7 Å². The van der Waals surface area contributed by atoms with Crippen molar-refractivity contribution < 1.29 is 28.7 Å². The molecule has 0 unspecified atom stereocenters. The summed E-state index contributed by atoms with van der Waals surface area (Å²) < 4.78 is 6.16. The predicted octanol–water partition coefficient (Wildman–Crippen LogP) is 23.1. The summed E-state index contributed by atoms with van der Waals surface area (Å²) in [6.45, 7) is 0. The summed E-state index contributed by atoms with van der Waals surface area (Å²) in [4.78, 5) is 90.4. The Morgan fingerprint density at radius 1 is 0.197 bits per heavy atom. The Kier molecular flexibility index (Phi) is 17.8. The monoisotopic (exact) mass is 1710 g/mol. The van der Waals surface area contributed by atoms with E-state index in [0.717, 1.165) is 219 Å². The van der Waals surface area contributed by atoms with Crippen molar-refractivity contribution in [2.75, 3.05) is 7.11 Å². The Balaban J connectivity index is 0.728. The van der Waals surface area contributed by atoms with Crippen LogP contribution in [-0.4, -0.2) is 64.4 Å². The molecular weight excluding hydrogens is 1620 g/mol. The standard InChI is InChI=1S/C121H89N5O6/c1-132-116(131)121(70-90-60-50-80-30-10-20-40-100(80)110(90)111-91(71-121)61-51-81-31-11-21-41-101(81)111)126-115(130)120(68-88-58-48-78-28-8-18-38-98(78)108(88)109-89(69-120)59-49-79-29-9-19-39-99(79)109)125-114(129)119(66-86-56-46-76-26-6-16-36-96(76)106(86)107-87(67-119)57-47-77-27-7-17-37-97(77)107)124-113(128)118(64-84-54-44-74-24-4-14-34-94(74)104(84)105-85(65-118)55-45-75-25-5-15-35-95(75)105)123-112(127)117(122)62-82-52-42-72-22-2-12-32-92(72)102(82)103-83(63-117)53-43-73-23-3-13-33-93(73)103/h2-61H,62-71,122H2,1H3,(H,123,127)(H,124,128)(H,125,129)(H,126,130). The van der Waals surface area contributed by atoms with Crippen LogP contribution in [0.15, 0.2) is 364 Å². The maximum atomic E-state index is 19.1. The molecule has 0 fully saturated rings. The minimum absolute atomic E-state index is 0.000881. The van der Waals surface area contributed by atoms with Crippen molar-refractivity contribution in [3.8, 4) is 55.6 Å². The SMILES string of the molecule is COC(=O)C1(NC(=O)C2(NC(=O)C3(NC(=O)C4(NC(=O)C5(N)Cc6ccc7ccccc7c6-c6c(ccc7ccccc67)C5)Cc5ccc6ccccc6c5-c5c(ccc6ccccc56)C4)Cc4ccc5ccccc5c4-c4c(ccc5ccccc45)C3)Cc3ccc4ccccc4c3-c3c(ccc4ccccc34)C2)Cc2ccc3ccccc3c2-c2c(ccc3ccccc23)C1. The van der Waals surface area contributed by atoms with E-state index in [9.17, 15) is 0 Å². The molecule has 5 aliphatic rings. The molecule has 0 heterocycles. The lowest BCUT2D eigenvalue weighted by atomic mass is 9.78. The highest BCUT2D eigenvalue weighted by Gasteiger charge is 2.57. The van der Waals surface area contributed by atoms with E-state index in [1.165, 1.54) is 7.11 Å². The molecule has 11 nitrogen and oxygen atoms in total. The Hall–Kier alpha value is -15.7. The van der Waals surface area contributed by atoms with Crippen LogP contribution >= 0.6 is 0 Å². The Bertz CT molecular complexity index is 8040. The van der Waals surface area contributed by atoms with Crippen molar-refractivity contribution in [2.24, 2.45) is 5.73 Å². The molecule has 5 aliphatic carbocycles. The van der Waals surface area contributed by atoms with Crippen LogP contribution in [0.5, 0.6) is 0 Å². The number of esters is 1. The van der Waals surface area contributed by atoms with Crippen LogP contribution in [0.25, 0.3) is 163 Å². The number of nitrogens with two attached hydrogens (primary N) is 1. The van der Waals surface area contributed by atoms with E-state index in [4.69, 9.17) is 10.5 Å². The molecule has 25 rings (SSSR count). The Morgan fingerprint density at radius 3 is 0.515 bits per heavy atom. The first-order valence-electron chi connectivity index (χ1n) is 45.9. The van der Waals surface area contributed by atoms with Gasteiger partial charge in [0.25, 0.3) is 0 Å². The number of nitrogens with one attached hydrogen (secondary N) is 4. The third kappa shape index (κ3) is 12.2. The topological polar surface area (TPSA) is 169 Å². The number of methoxy groups -OCH3 is 1. The molecule has 0 atom stereocenters. The Morgan fingerprint density at radius 2 is 0.341 bits per heavy atom. The van der Waals surface area contributed by atoms with Gasteiger partial charge in [-0.1, -0.05) is 364 Å². The van der Waals surface area contributed by atoms with Gasteiger partial charge in [0.2, 0.25) is 23.6 Å². The van der Waals surface area contributed by atoms with Gasteiger partial charge in [-0.2, -0.15) is 0 Å². The number of carbonyl (C=O) groups excluding carboxylic acids is 5. The van der Waals surface area contributed by atoms with Gasteiger partial charge in [-0.25, -0.2) is 4.79 Å². The van der Waals surface area contributed by atoms with Gasteiger partial charge in [0.1, 0.15) is 27.7 Å². The van der Waals surface area contributed by atoms with Crippen LogP contribution in [0.1, 0.15) is 55.6 Å². The van der Waals surface area contributed by atoms with Gasteiger partial charge in [-0.05, 0) is 219 Å². The second-order valence-corrected chi connectivity index (χ2v) is 37.8. The zero-order chi connectivity index (χ0) is 88.5. The smallest absolute Gasteiger partial charge is 0.332 e. The molecule has 0 spiro atoms. The maximum absolute atomic E-state index is 19.1. The van der Waals surface area contributed by atoms with Crippen molar-refractivity contribution in [3.63, 3.8) is 0 Å². The van der Waals surface area contributed by atoms with Crippen LogP contribution in [0.4, 0.5) is 0 Å². The van der Waals surface area contributed by atoms with Crippen molar-refractivity contribution in [1.82, 2.24) is 21.3 Å². The van der Waals surface area contributed by atoms with Crippen molar-refractivity contribution >= 4 is 137 Å². The number of hydrogen-bond donors (Lipinski definition) is 5. The van der Waals surface area contributed by atoms with Crippen LogP contribution in [0.2, 0.25) is 0 Å². The third-order valence-corrected chi connectivity index (χ3v) is 30.1. The zero-order valence-corrected chi connectivity index (χ0v) is 72.7. The largest absolute Gasteiger partial charge is 0.467 e. The predicted molar refractivity (Wildman–Crippen MR) is 534 cm³/mol. The summed E-state index contributed by atoms with van der Waals surface area (Å²) in [5.41, 5.74) is 16.0. The molecule has 20 aromatic carbocycles. The second-order valence-electron chi connectivity index (χ2n) is 37.8. The van der Waals surface area contributed by atoms with Crippen molar-refractivity contribution in [2.45, 2.75) is 91.9 Å². The normalized spacial score (nSPS) is 15.7. The van der Waals surface area contributed by atoms with E-state index in [-0.39, 0.29) is 64.2 Å². The first-order valence-corrected chi connectivity index (χ1v) is 45.9. The number of carbonyl (C=O) groups is 5. The fourth-order valence-corrected chi connectivity index (χ4v) is 24.1. The molecule has 6 N–H and O–H groups in total. The lowest BCUT2D eigenvalue weighted by Gasteiger charge is -2.43. The van der Waals surface area contributed by atoms with E-state index in [0.29, 0.717) is 0 Å². The molecule has 4 amide bonds. The van der Waals surface area contributed by atoms with Crippen LogP contribution in [0, 0.1) is 0 Å². The van der Waals surface area contributed by atoms with Gasteiger partial charge in [0.05, 0.1) is 7.11 Å². The highest BCUT2D eigenvalue weighted by atomic mass is 16.5. The van der Waals surface area contributed by atoms with Crippen LogP contribution < -0.4 is 27.0 Å². The average molecular weight is 1710 g/mol. The molecule has 20 aromatic rings. The highest BCUT2D eigenvalue weighted by molar-refractivity contribution is 6.17. The molecule has 0 aliphatic heterocycles. The molecule has 11 heteroatoms. The van der Waals surface area contributed by atoms with Gasteiger partial charge in [0, 0.05) is 64.2 Å². The van der Waals surface area contributed by atoms with Crippen molar-refractivity contribution in [1.29, 1.82) is 0 Å². The van der Waals surface area contributed by atoms with Gasteiger partial charge in [-0.3, -0.25) is 19.2 Å². The molecule has 0 saturated heterocycles. The van der Waals surface area contributed by atoms with Crippen molar-refractivity contribution in [3.05, 3.63) is 420 Å². The summed E-state index contributed by atoms with van der Waals surface area (Å²) in [6, 6.07) is 126. The molecule has 132 heavy (non-hydrogen) atoms.